The molecule has 20 heavy (non-hydrogen) atoms. The molecule has 0 spiro atoms. The molecule has 0 aromatic heterocycles. The normalized spacial score (nSPS) is 10.4. The van der Waals surface area contributed by atoms with Gasteiger partial charge in [0.1, 0.15) is 5.75 Å². The molecule has 0 atom stereocenters. The number of amides is 1. The van der Waals surface area contributed by atoms with Crippen molar-refractivity contribution < 1.29 is 19.0 Å². The number of carbonyl (C=O) groups is 1. The highest BCUT2D eigenvalue weighted by Crippen LogP contribution is 2.35. The van der Waals surface area contributed by atoms with Crippen LogP contribution in [0.1, 0.15) is 18.9 Å². The third-order valence-electron chi connectivity index (χ3n) is 2.70. The highest BCUT2D eigenvalue weighted by molar-refractivity contribution is 5.92. The van der Waals surface area contributed by atoms with Gasteiger partial charge in [-0.1, -0.05) is 6.92 Å². The van der Waals surface area contributed by atoms with E-state index < -0.39 is 0 Å². The van der Waals surface area contributed by atoms with Gasteiger partial charge in [-0.25, -0.2) is 0 Å². The first-order valence-corrected chi connectivity index (χ1v) is 6.42. The van der Waals surface area contributed by atoms with Gasteiger partial charge in [-0.3, -0.25) is 4.79 Å². The molecule has 0 aliphatic rings. The fraction of sp³-hybridized carbons (Fsp3) is 0.400. The lowest BCUT2D eigenvalue weighted by Crippen LogP contribution is -2.21. The molecule has 110 valence electrons. The molecule has 1 aromatic carbocycles. The van der Waals surface area contributed by atoms with Gasteiger partial charge < -0.3 is 19.5 Å². The minimum Gasteiger partial charge on any atom is -0.496 e. The zero-order valence-corrected chi connectivity index (χ0v) is 12.4. The first-order valence-electron chi connectivity index (χ1n) is 6.42. The predicted octanol–water partition coefficient (Wildman–Crippen LogP) is 2.25. The van der Waals surface area contributed by atoms with Crippen molar-refractivity contribution in [2.75, 3.05) is 27.9 Å². The van der Waals surface area contributed by atoms with E-state index in [1.54, 1.807) is 39.5 Å². The summed E-state index contributed by atoms with van der Waals surface area (Å²) in [6.45, 7) is 2.66. The number of nitrogens with one attached hydrogen (secondary N) is 1. The van der Waals surface area contributed by atoms with E-state index in [0.29, 0.717) is 23.8 Å². The molecule has 0 aliphatic carbocycles. The van der Waals surface area contributed by atoms with Crippen molar-refractivity contribution in [3.05, 3.63) is 23.8 Å². The van der Waals surface area contributed by atoms with Crippen LogP contribution in [-0.2, 0) is 4.79 Å². The maximum absolute atomic E-state index is 11.6. The molecule has 0 radical (unpaired) electrons. The SMILES string of the molecule is CCCNC(=O)/C=C/c1cc(OC)c(OC)cc1OC. The van der Waals surface area contributed by atoms with Gasteiger partial charge in [-0.2, -0.15) is 0 Å². The topological polar surface area (TPSA) is 56.8 Å². The van der Waals surface area contributed by atoms with Crippen LogP contribution in [-0.4, -0.2) is 33.8 Å². The Kier molecular flexibility index (Phi) is 6.43. The number of ether oxygens (including phenoxy) is 3. The Morgan fingerprint density at radius 1 is 1.10 bits per heavy atom. The molecule has 5 heteroatoms. The molecule has 1 N–H and O–H groups in total. The van der Waals surface area contributed by atoms with Crippen LogP contribution < -0.4 is 19.5 Å². The predicted molar refractivity (Wildman–Crippen MR) is 78.4 cm³/mol. The quantitative estimate of drug-likeness (QED) is 0.778. The Labute approximate surface area is 119 Å². The molecule has 0 saturated heterocycles. The van der Waals surface area contributed by atoms with E-state index in [0.717, 1.165) is 12.0 Å². The Hall–Kier alpha value is -2.17. The van der Waals surface area contributed by atoms with Crippen molar-refractivity contribution in [1.29, 1.82) is 0 Å². The Morgan fingerprint density at radius 3 is 2.25 bits per heavy atom. The van der Waals surface area contributed by atoms with Crippen molar-refractivity contribution in [3.63, 3.8) is 0 Å². The van der Waals surface area contributed by atoms with Crippen LogP contribution in [0.4, 0.5) is 0 Å². The molecule has 0 unspecified atom stereocenters. The van der Waals surface area contributed by atoms with E-state index >= 15 is 0 Å². The number of methoxy groups -OCH3 is 3. The summed E-state index contributed by atoms with van der Waals surface area (Å²) in [5, 5.41) is 2.77. The van der Waals surface area contributed by atoms with Gasteiger partial charge in [0.2, 0.25) is 5.91 Å². The second-order valence-corrected chi connectivity index (χ2v) is 4.07. The number of rotatable bonds is 7. The fourth-order valence-electron chi connectivity index (χ4n) is 1.66. The standard InChI is InChI=1S/C15H21NO4/c1-5-8-16-15(17)7-6-11-9-13(19-3)14(20-4)10-12(11)18-2/h6-7,9-10H,5,8H2,1-4H3,(H,16,17)/b7-6+. The molecule has 0 aliphatic heterocycles. The zero-order valence-electron chi connectivity index (χ0n) is 12.4. The molecule has 1 rings (SSSR count). The number of carbonyl (C=O) groups excluding carboxylic acids is 1. The van der Waals surface area contributed by atoms with Crippen molar-refractivity contribution >= 4 is 12.0 Å². The van der Waals surface area contributed by atoms with Crippen molar-refractivity contribution in [2.45, 2.75) is 13.3 Å². The molecule has 1 amide bonds. The largest absolute Gasteiger partial charge is 0.496 e. The first kappa shape index (κ1) is 15.9. The molecule has 0 bridgehead atoms. The maximum Gasteiger partial charge on any atom is 0.244 e. The number of hydrogen-bond donors (Lipinski definition) is 1. The van der Waals surface area contributed by atoms with Crippen LogP contribution in [0.25, 0.3) is 6.08 Å². The molecule has 1 aromatic rings. The summed E-state index contributed by atoms with van der Waals surface area (Å²) in [6.07, 6.45) is 4.06. The summed E-state index contributed by atoms with van der Waals surface area (Å²) in [6, 6.07) is 3.49. The second kappa shape index (κ2) is 8.09. The van der Waals surface area contributed by atoms with E-state index in [2.05, 4.69) is 5.32 Å². The summed E-state index contributed by atoms with van der Waals surface area (Å²) in [5.41, 5.74) is 0.747. The summed E-state index contributed by atoms with van der Waals surface area (Å²) >= 11 is 0. The van der Waals surface area contributed by atoms with E-state index in [1.807, 2.05) is 6.92 Å². The second-order valence-electron chi connectivity index (χ2n) is 4.07. The molecule has 5 nitrogen and oxygen atoms in total. The number of benzene rings is 1. The lowest BCUT2D eigenvalue weighted by molar-refractivity contribution is -0.116. The van der Waals surface area contributed by atoms with Crippen molar-refractivity contribution in [1.82, 2.24) is 5.32 Å². The van der Waals surface area contributed by atoms with Crippen LogP contribution in [0.5, 0.6) is 17.2 Å². The summed E-state index contributed by atoms with van der Waals surface area (Å²) in [4.78, 5) is 11.6. The summed E-state index contributed by atoms with van der Waals surface area (Å²) < 4.78 is 15.7. The Balaban J connectivity index is 2.98. The summed E-state index contributed by atoms with van der Waals surface area (Å²) in [7, 11) is 4.69. The molecule has 0 fully saturated rings. The van der Waals surface area contributed by atoms with Gasteiger partial charge in [0.25, 0.3) is 0 Å². The van der Waals surface area contributed by atoms with Gasteiger partial charge >= 0.3 is 0 Å². The number of hydrogen-bond acceptors (Lipinski definition) is 4. The van der Waals surface area contributed by atoms with Crippen molar-refractivity contribution in [3.8, 4) is 17.2 Å². The van der Waals surface area contributed by atoms with Gasteiger partial charge in [-0.05, 0) is 18.6 Å². The lowest BCUT2D eigenvalue weighted by atomic mass is 10.1. The molecule has 0 heterocycles. The molecular formula is C15H21NO4. The van der Waals surface area contributed by atoms with E-state index in [1.165, 1.54) is 6.08 Å². The summed E-state index contributed by atoms with van der Waals surface area (Å²) in [5.74, 6) is 1.64. The van der Waals surface area contributed by atoms with E-state index in [9.17, 15) is 4.79 Å². The van der Waals surface area contributed by atoms with Crippen LogP contribution in [0.15, 0.2) is 18.2 Å². The van der Waals surface area contributed by atoms with E-state index in [4.69, 9.17) is 14.2 Å². The van der Waals surface area contributed by atoms with Crippen LogP contribution in [0.2, 0.25) is 0 Å². The maximum atomic E-state index is 11.6. The zero-order chi connectivity index (χ0) is 15.0. The minimum atomic E-state index is -0.135. The van der Waals surface area contributed by atoms with Gasteiger partial charge in [0.05, 0.1) is 21.3 Å². The van der Waals surface area contributed by atoms with Crippen LogP contribution in [0, 0.1) is 0 Å². The Bertz CT molecular complexity index is 483. The molecule has 0 saturated carbocycles. The first-order chi connectivity index (χ1) is 9.65. The lowest BCUT2D eigenvalue weighted by Gasteiger charge is -2.12. The fourth-order valence-corrected chi connectivity index (χ4v) is 1.66. The monoisotopic (exact) mass is 279 g/mol. The third-order valence-corrected chi connectivity index (χ3v) is 2.70. The third kappa shape index (κ3) is 4.19. The van der Waals surface area contributed by atoms with Crippen LogP contribution in [0.3, 0.4) is 0 Å². The molecular weight excluding hydrogens is 258 g/mol. The minimum absolute atomic E-state index is 0.135. The highest BCUT2D eigenvalue weighted by atomic mass is 16.5. The van der Waals surface area contributed by atoms with Crippen molar-refractivity contribution in [2.24, 2.45) is 0 Å². The van der Waals surface area contributed by atoms with Gasteiger partial charge in [0.15, 0.2) is 11.5 Å². The average molecular weight is 279 g/mol. The smallest absolute Gasteiger partial charge is 0.244 e. The highest BCUT2D eigenvalue weighted by Gasteiger charge is 2.10. The van der Waals surface area contributed by atoms with Gasteiger partial charge in [0, 0.05) is 24.3 Å². The Morgan fingerprint density at radius 2 is 1.70 bits per heavy atom. The average Bonchev–Trinajstić information content (AvgIpc) is 2.49. The van der Waals surface area contributed by atoms with E-state index in [-0.39, 0.29) is 5.91 Å². The van der Waals surface area contributed by atoms with Gasteiger partial charge in [-0.15, -0.1) is 0 Å². The van der Waals surface area contributed by atoms with Crippen LogP contribution >= 0.6 is 0 Å².